The van der Waals surface area contributed by atoms with E-state index in [-0.39, 0.29) is 18.6 Å². The van der Waals surface area contributed by atoms with Gasteiger partial charge in [0.25, 0.3) is 0 Å². The number of aliphatic hydroxyl groups is 1. The first-order valence-corrected chi connectivity index (χ1v) is 6.76. The lowest BCUT2D eigenvalue weighted by molar-refractivity contribution is -0.134. The Balaban J connectivity index is 2.29. The minimum atomic E-state index is 0.00610. The smallest absolute Gasteiger partial charge is 0.239 e. The lowest BCUT2D eigenvalue weighted by atomic mass is 9.92. The molecule has 0 radical (unpaired) electrons. The number of carbonyl (C=O) groups excluding carboxylic acids is 1. The zero-order valence-corrected chi connectivity index (χ0v) is 11.1. The van der Waals surface area contributed by atoms with E-state index < -0.39 is 0 Å². The maximum absolute atomic E-state index is 12.2. The zero-order chi connectivity index (χ0) is 12.7. The van der Waals surface area contributed by atoms with Crippen LogP contribution in [0.15, 0.2) is 0 Å². The first kappa shape index (κ1) is 14.5. The number of rotatable bonds is 6. The van der Waals surface area contributed by atoms with Gasteiger partial charge in [-0.2, -0.15) is 0 Å². The monoisotopic (exact) mass is 242 g/mol. The molecule has 1 aliphatic rings. The van der Waals surface area contributed by atoms with Gasteiger partial charge in [-0.1, -0.05) is 6.92 Å². The topological polar surface area (TPSA) is 52.6 Å². The van der Waals surface area contributed by atoms with Crippen LogP contribution in [-0.2, 0) is 4.79 Å². The highest BCUT2D eigenvalue weighted by atomic mass is 16.2. The average molecular weight is 242 g/mol. The summed E-state index contributed by atoms with van der Waals surface area (Å²) in [4.78, 5) is 14.0. The number of unbranched alkanes of at least 4 members (excludes halogenated alkanes) is 2. The van der Waals surface area contributed by atoms with E-state index in [1.165, 1.54) is 6.42 Å². The van der Waals surface area contributed by atoms with E-state index in [1.54, 1.807) is 0 Å². The Hall–Kier alpha value is -0.610. The third-order valence-corrected chi connectivity index (χ3v) is 3.56. The molecule has 1 aliphatic heterocycles. The van der Waals surface area contributed by atoms with Gasteiger partial charge < -0.3 is 15.3 Å². The van der Waals surface area contributed by atoms with Crippen LogP contribution in [0, 0.1) is 5.92 Å². The van der Waals surface area contributed by atoms with Crippen LogP contribution < -0.4 is 5.32 Å². The van der Waals surface area contributed by atoms with E-state index >= 15 is 0 Å². The van der Waals surface area contributed by atoms with Gasteiger partial charge in [-0.15, -0.1) is 0 Å². The summed E-state index contributed by atoms with van der Waals surface area (Å²) in [5.41, 5.74) is 0. The second-order valence-corrected chi connectivity index (χ2v) is 5.10. The van der Waals surface area contributed by atoms with Crippen molar-refractivity contribution in [1.29, 1.82) is 0 Å². The average Bonchev–Trinajstić information content (AvgIpc) is 2.34. The summed E-state index contributed by atoms with van der Waals surface area (Å²) in [6.07, 6.45) is 5.11. The van der Waals surface area contributed by atoms with Crippen molar-refractivity contribution in [3.63, 3.8) is 0 Å². The third-order valence-electron chi connectivity index (χ3n) is 3.56. The number of hydrogen-bond donors (Lipinski definition) is 2. The summed E-state index contributed by atoms with van der Waals surface area (Å²) >= 11 is 0. The summed E-state index contributed by atoms with van der Waals surface area (Å²) in [5, 5.41) is 12.0. The first-order valence-electron chi connectivity index (χ1n) is 6.76. The number of amides is 1. The van der Waals surface area contributed by atoms with Crippen LogP contribution in [0.4, 0.5) is 0 Å². The number of piperidine rings is 1. The molecule has 1 rings (SSSR count). The largest absolute Gasteiger partial charge is 0.396 e. The molecule has 0 aromatic heterocycles. The Labute approximate surface area is 104 Å². The molecule has 0 aromatic rings. The van der Waals surface area contributed by atoms with Gasteiger partial charge >= 0.3 is 0 Å². The maximum atomic E-state index is 12.2. The predicted octanol–water partition coefficient (Wildman–Crippen LogP) is 0.995. The minimum Gasteiger partial charge on any atom is -0.396 e. The van der Waals surface area contributed by atoms with E-state index in [0.29, 0.717) is 5.92 Å². The Kier molecular flexibility index (Phi) is 6.52. The molecule has 0 aliphatic carbocycles. The molecule has 17 heavy (non-hydrogen) atoms. The van der Waals surface area contributed by atoms with E-state index in [2.05, 4.69) is 12.2 Å². The van der Waals surface area contributed by atoms with Crippen molar-refractivity contribution in [2.75, 3.05) is 26.7 Å². The molecule has 1 fully saturated rings. The van der Waals surface area contributed by atoms with Crippen LogP contribution >= 0.6 is 0 Å². The summed E-state index contributed by atoms with van der Waals surface area (Å²) in [5.74, 6) is 0.664. The van der Waals surface area contributed by atoms with Gasteiger partial charge in [-0.05, 0) is 44.6 Å². The van der Waals surface area contributed by atoms with Crippen molar-refractivity contribution in [3.8, 4) is 0 Å². The quantitative estimate of drug-likeness (QED) is 0.683. The van der Waals surface area contributed by atoms with Gasteiger partial charge in [0.1, 0.15) is 0 Å². The molecule has 0 aromatic carbocycles. The molecule has 1 saturated heterocycles. The molecule has 0 bridgehead atoms. The summed E-state index contributed by atoms with van der Waals surface area (Å²) in [7, 11) is 1.88. The lowest BCUT2D eigenvalue weighted by Gasteiger charge is -2.32. The second kappa shape index (κ2) is 7.67. The molecule has 0 spiro atoms. The van der Waals surface area contributed by atoms with Crippen LogP contribution in [0.1, 0.15) is 39.0 Å². The molecule has 1 amide bonds. The predicted molar refractivity (Wildman–Crippen MR) is 68.8 cm³/mol. The summed E-state index contributed by atoms with van der Waals surface area (Å²) < 4.78 is 0. The zero-order valence-electron chi connectivity index (χ0n) is 11.1. The molecule has 1 heterocycles. The number of nitrogens with zero attached hydrogens (tertiary/aromatic N) is 1. The SMILES string of the molecule is CC1CCCNC1C(=O)N(C)CCCCCO. The van der Waals surface area contributed by atoms with Gasteiger partial charge in [0.15, 0.2) is 0 Å². The standard InChI is InChI=1S/C13H26N2O2/c1-11-7-6-8-14-12(11)13(17)15(2)9-4-3-5-10-16/h11-12,14,16H,3-10H2,1-2H3. The van der Waals surface area contributed by atoms with Crippen molar-refractivity contribution in [1.82, 2.24) is 10.2 Å². The highest BCUT2D eigenvalue weighted by molar-refractivity contribution is 5.82. The van der Waals surface area contributed by atoms with Gasteiger partial charge in [-0.25, -0.2) is 0 Å². The van der Waals surface area contributed by atoms with Crippen molar-refractivity contribution >= 4 is 5.91 Å². The number of nitrogens with one attached hydrogen (secondary N) is 1. The van der Waals surface area contributed by atoms with Crippen LogP contribution in [0.2, 0.25) is 0 Å². The summed E-state index contributed by atoms with van der Waals surface area (Å²) in [6.45, 7) is 4.15. The Morgan fingerprint density at radius 2 is 2.18 bits per heavy atom. The number of hydrogen-bond acceptors (Lipinski definition) is 3. The molecular formula is C13H26N2O2. The van der Waals surface area contributed by atoms with Crippen LogP contribution in [-0.4, -0.2) is 48.7 Å². The van der Waals surface area contributed by atoms with Crippen molar-refractivity contribution in [3.05, 3.63) is 0 Å². The number of aliphatic hydroxyl groups excluding tert-OH is 1. The van der Waals surface area contributed by atoms with E-state index in [9.17, 15) is 4.79 Å². The number of carbonyl (C=O) groups is 1. The minimum absolute atomic E-state index is 0.00610. The van der Waals surface area contributed by atoms with Crippen molar-refractivity contribution < 1.29 is 9.90 Å². The van der Waals surface area contributed by atoms with E-state index in [4.69, 9.17) is 5.11 Å². The molecule has 0 saturated carbocycles. The second-order valence-electron chi connectivity index (χ2n) is 5.10. The fourth-order valence-corrected chi connectivity index (χ4v) is 2.37. The van der Waals surface area contributed by atoms with Crippen LogP contribution in [0.25, 0.3) is 0 Å². The van der Waals surface area contributed by atoms with Crippen molar-refractivity contribution in [2.24, 2.45) is 5.92 Å². The first-order chi connectivity index (χ1) is 8.16. The Morgan fingerprint density at radius 1 is 1.41 bits per heavy atom. The molecule has 2 N–H and O–H groups in total. The molecule has 2 atom stereocenters. The highest BCUT2D eigenvalue weighted by Crippen LogP contribution is 2.17. The maximum Gasteiger partial charge on any atom is 0.239 e. The van der Waals surface area contributed by atoms with Gasteiger partial charge in [-0.3, -0.25) is 4.79 Å². The van der Waals surface area contributed by atoms with E-state index in [0.717, 1.165) is 38.8 Å². The molecule has 100 valence electrons. The Bertz CT molecular complexity index is 233. The fraction of sp³-hybridized carbons (Fsp3) is 0.923. The molecular weight excluding hydrogens is 216 g/mol. The molecule has 4 nitrogen and oxygen atoms in total. The van der Waals surface area contributed by atoms with Gasteiger partial charge in [0.2, 0.25) is 5.91 Å². The van der Waals surface area contributed by atoms with E-state index in [1.807, 2.05) is 11.9 Å². The van der Waals surface area contributed by atoms with Crippen LogP contribution in [0.3, 0.4) is 0 Å². The highest BCUT2D eigenvalue weighted by Gasteiger charge is 2.29. The molecule has 2 unspecified atom stereocenters. The lowest BCUT2D eigenvalue weighted by Crippen LogP contribution is -2.51. The fourth-order valence-electron chi connectivity index (χ4n) is 2.37. The number of likely N-dealkylation sites (N-methyl/N-ethyl adjacent to an activating group) is 1. The van der Waals surface area contributed by atoms with Gasteiger partial charge in [0, 0.05) is 20.2 Å². The van der Waals surface area contributed by atoms with Crippen molar-refractivity contribution in [2.45, 2.75) is 45.1 Å². The van der Waals surface area contributed by atoms with Gasteiger partial charge in [0.05, 0.1) is 6.04 Å². The summed E-state index contributed by atoms with van der Waals surface area (Å²) in [6, 6.07) is 0.00610. The molecule has 4 heteroatoms. The Morgan fingerprint density at radius 3 is 2.82 bits per heavy atom. The third kappa shape index (κ3) is 4.64. The van der Waals surface area contributed by atoms with Crippen LogP contribution in [0.5, 0.6) is 0 Å². The normalized spacial score (nSPS) is 24.6.